The SMILES string of the molecule is CNC1CSCC1c1nc(-c2ccccc2Br)no1. The average molecular weight is 340 g/mol. The summed E-state index contributed by atoms with van der Waals surface area (Å²) in [4.78, 5) is 4.56. The molecule has 2 unspecified atom stereocenters. The minimum atomic E-state index is 0.304. The summed E-state index contributed by atoms with van der Waals surface area (Å²) in [6.07, 6.45) is 0. The van der Waals surface area contributed by atoms with Crippen LogP contribution < -0.4 is 5.32 Å². The van der Waals surface area contributed by atoms with Gasteiger partial charge in [-0.05, 0) is 19.2 Å². The zero-order valence-corrected chi connectivity index (χ0v) is 12.9. The summed E-state index contributed by atoms with van der Waals surface area (Å²) in [6, 6.07) is 8.32. The van der Waals surface area contributed by atoms with E-state index in [-0.39, 0.29) is 0 Å². The van der Waals surface area contributed by atoms with Crippen LogP contribution in [0.3, 0.4) is 0 Å². The van der Waals surface area contributed by atoms with Gasteiger partial charge in [0.2, 0.25) is 11.7 Å². The summed E-state index contributed by atoms with van der Waals surface area (Å²) in [7, 11) is 1.98. The lowest BCUT2D eigenvalue weighted by atomic mass is 10.0. The van der Waals surface area contributed by atoms with Crippen LogP contribution in [0.4, 0.5) is 0 Å². The predicted molar refractivity (Wildman–Crippen MR) is 80.3 cm³/mol. The lowest BCUT2D eigenvalue weighted by Crippen LogP contribution is -2.31. The Labute approximate surface area is 124 Å². The van der Waals surface area contributed by atoms with E-state index in [1.807, 2.05) is 43.1 Å². The van der Waals surface area contributed by atoms with Crippen molar-refractivity contribution < 1.29 is 4.52 Å². The van der Waals surface area contributed by atoms with Crippen LogP contribution in [0.15, 0.2) is 33.3 Å². The molecule has 1 saturated heterocycles. The maximum absolute atomic E-state index is 5.45. The van der Waals surface area contributed by atoms with Gasteiger partial charge in [-0.2, -0.15) is 16.7 Å². The molecule has 6 heteroatoms. The molecule has 2 aromatic rings. The number of nitrogens with one attached hydrogen (secondary N) is 1. The maximum Gasteiger partial charge on any atom is 0.232 e. The molecule has 2 heterocycles. The van der Waals surface area contributed by atoms with E-state index in [0.29, 0.717) is 17.8 Å². The first-order chi connectivity index (χ1) is 9.29. The molecule has 1 aliphatic heterocycles. The minimum Gasteiger partial charge on any atom is -0.339 e. The van der Waals surface area contributed by atoms with Crippen molar-refractivity contribution in [2.75, 3.05) is 18.6 Å². The second-order valence-electron chi connectivity index (χ2n) is 4.48. The Hall–Kier alpha value is -0.850. The number of likely N-dealkylation sites (N-methyl/N-ethyl adjacent to an activating group) is 1. The van der Waals surface area contributed by atoms with Crippen molar-refractivity contribution >= 4 is 27.7 Å². The fourth-order valence-electron chi connectivity index (χ4n) is 2.22. The second kappa shape index (κ2) is 5.64. The van der Waals surface area contributed by atoms with Crippen molar-refractivity contribution in [2.45, 2.75) is 12.0 Å². The van der Waals surface area contributed by atoms with Crippen LogP contribution in [0.25, 0.3) is 11.4 Å². The number of halogens is 1. The first-order valence-electron chi connectivity index (χ1n) is 6.13. The van der Waals surface area contributed by atoms with Gasteiger partial charge in [-0.15, -0.1) is 0 Å². The molecule has 1 aromatic carbocycles. The normalized spacial score (nSPS) is 22.8. The molecule has 1 aromatic heterocycles. The van der Waals surface area contributed by atoms with Gasteiger partial charge >= 0.3 is 0 Å². The second-order valence-corrected chi connectivity index (χ2v) is 6.40. The van der Waals surface area contributed by atoms with Crippen LogP contribution in [0.5, 0.6) is 0 Å². The van der Waals surface area contributed by atoms with E-state index >= 15 is 0 Å². The van der Waals surface area contributed by atoms with Gasteiger partial charge in [0.15, 0.2) is 0 Å². The van der Waals surface area contributed by atoms with Crippen LogP contribution in [0.2, 0.25) is 0 Å². The number of hydrogen-bond acceptors (Lipinski definition) is 5. The van der Waals surface area contributed by atoms with E-state index in [2.05, 4.69) is 31.4 Å². The van der Waals surface area contributed by atoms with E-state index in [4.69, 9.17) is 4.52 Å². The van der Waals surface area contributed by atoms with E-state index in [1.165, 1.54) is 0 Å². The number of hydrogen-bond donors (Lipinski definition) is 1. The lowest BCUT2D eigenvalue weighted by molar-refractivity contribution is 0.344. The average Bonchev–Trinajstić information content (AvgIpc) is 3.07. The van der Waals surface area contributed by atoms with E-state index in [0.717, 1.165) is 27.4 Å². The highest BCUT2D eigenvalue weighted by atomic mass is 79.9. The monoisotopic (exact) mass is 339 g/mol. The summed E-state index contributed by atoms with van der Waals surface area (Å²) >= 11 is 5.43. The predicted octanol–water partition coefficient (Wildman–Crippen LogP) is 2.92. The molecular formula is C13H14BrN3OS. The molecule has 2 atom stereocenters. The fraction of sp³-hybridized carbons (Fsp3) is 0.385. The topological polar surface area (TPSA) is 51.0 Å². The first kappa shape index (κ1) is 13.1. The third-order valence-electron chi connectivity index (χ3n) is 3.33. The van der Waals surface area contributed by atoms with Gasteiger partial charge in [0, 0.05) is 27.6 Å². The molecule has 1 fully saturated rings. The van der Waals surface area contributed by atoms with Gasteiger partial charge in [-0.25, -0.2) is 0 Å². The Morgan fingerprint density at radius 3 is 3.00 bits per heavy atom. The molecule has 0 spiro atoms. The van der Waals surface area contributed by atoms with Crippen molar-refractivity contribution in [1.82, 2.24) is 15.5 Å². The number of aromatic nitrogens is 2. The molecule has 0 amide bonds. The van der Waals surface area contributed by atoms with Crippen LogP contribution >= 0.6 is 27.7 Å². The molecule has 1 N–H and O–H groups in total. The molecule has 0 aliphatic carbocycles. The Morgan fingerprint density at radius 1 is 1.37 bits per heavy atom. The van der Waals surface area contributed by atoms with Crippen LogP contribution in [-0.4, -0.2) is 34.7 Å². The summed E-state index contributed by atoms with van der Waals surface area (Å²) in [6.45, 7) is 0. The molecule has 19 heavy (non-hydrogen) atoms. The maximum atomic E-state index is 5.45. The number of thioether (sulfide) groups is 1. The Balaban J connectivity index is 1.90. The standard InChI is InChI=1S/C13H14BrN3OS/c1-15-11-7-19-6-9(11)13-16-12(17-18-13)8-4-2-3-5-10(8)14/h2-5,9,11,15H,6-7H2,1H3. The molecule has 3 rings (SSSR count). The molecule has 1 aliphatic rings. The Bertz CT molecular complexity index is 575. The zero-order valence-electron chi connectivity index (χ0n) is 10.5. The summed E-state index contributed by atoms with van der Waals surface area (Å²) < 4.78 is 6.43. The van der Waals surface area contributed by atoms with Crippen molar-refractivity contribution in [1.29, 1.82) is 0 Å². The molecule has 0 bridgehead atoms. The Kier molecular flexibility index (Phi) is 3.91. The van der Waals surface area contributed by atoms with Crippen LogP contribution in [0.1, 0.15) is 11.8 Å². The largest absolute Gasteiger partial charge is 0.339 e. The van der Waals surface area contributed by atoms with Gasteiger partial charge < -0.3 is 9.84 Å². The van der Waals surface area contributed by atoms with Gasteiger partial charge in [0.05, 0.1) is 5.92 Å². The summed E-state index contributed by atoms with van der Waals surface area (Å²) in [5, 5.41) is 7.42. The van der Waals surface area contributed by atoms with Crippen LogP contribution in [-0.2, 0) is 0 Å². The van der Waals surface area contributed by atoms with E-state index < -0.39 is 0 Å². The zero-order chi connectivity index (χ0) is 13.2. The van der Waals surface area contributed by atoms with Gasteiger partial charge in [0.1, 0.15) is 0 Å². The van der Waals surface area contributed by atoms with E-state index in [1.54, 1.807) is 0 Å². The highest BCUT2D eigenvalue weighted by Crippen LogP contribution is 2.33. The van der Waals surface area contributed by atoms with E-state index in [9.17, 15) is 0 Å². The number of nitrogens with zero attached hydrogens (tertiary/aromatic N) is 2. The highest BCUT2D eigenvalue weighted by Gasteiger charge is 2.32. The molecular weight excluding hydrogens is 326 g/mol. The molecule has 0 saturated carbocycles. The van der Waals surface area contributed by atoms with Crippen LogP contribution in [0, 0.1) is 0 Å². The third kappa shape index (κ3) is 2.57. The first-order valence-corrected chi connectivity index (χ1v) is 8.08. The molecule has 0 radical (unpaired) electrons. The number of benzene rings is 1. The fourth-order valence-corrected chi connectivity index (χ4v) is 4.10. The van der Waals surface area contributed by atoms with Gasteiger partial charge in [-0.3, -0.25) is 0 Å². The molecule has 100 valence electrons. The highest BCUT2D eigenvalue weighted by molar-refractivity contribution is 9.10. The van der Waals surface area contributed by atoms with Crippen molar-refractivity contribution in [3.8, 4) is 11.4 Å². The smallest absolute Gasteiger partial charge is 0.232 e. The summed E-state index contributed by atoms with van der Waals surface area (Å²) in [5.74, 6) is 3.81. The van der Waals surface area contributed by atoms with Crippen molar-refractivity contribution in [3.63, 3.8) is 0 Å². The molecule has 4 nitrogen and oxygen atoms in total. The van der Waals surface area contributed by atoms with Gasteiger partial charge in [0.25, 0.3) is 0 Å². The number of rotatable bonds is 3. The van der Waals surface area contributed by atoms with Crippen molar-refractivity contribution in [3.05, 3.63) is 34.6 Å². The Morgan fingerprint density at radius 2 is 2.21 bits per heavy atom. The third-order valence-corrected chi connectivity index (χ3v) is 5.21. The quantitative estimate of drug-likeness (QED) is 0.931. The van der Waals surface area contributed by atoms with Gasteiger partial charge in [-0.1, -0.05) is 33.2 Å². The summed E-state index contributed by atoms with van der Waals surface area (Å²) in [5.41, 5.74) is 0.962. The van der Waals surface area contributed by atoms with Crippen molar-refractivity contribution in [2.24, 2.45) is 0 Å². The lowest BCUT2D eigenvalue weighted by Gasteiger charge is -2.13. The minimum absolute atomic E-state index is 0.304.